The van der Waals surface area contributed by atoms with Crippen LogP contribution in [0.4, 0.5) is 5.69 Å². The summed E-state index contributed by atoms with van der Waals surface area (Å²) in [5.41, 5.74) is 0.991. The van der Waals surface area contributed by atoms with E-state index in [4.69, 9.17) is 5.11 Å². The molecule has 0 aliphatic carbocycles. The smallest absolute Gasteiger partial charge is 0.354 e. The van der Waals surface area contributed by atoms with E-state index < -0.39 is 5.97 Å². The van der Waals surface area contributed by atoms with Crippen molar-refractivity contribution in [3.05, 3.63) is 36.7 Å². The molecule has 0 fully saturated rings. The first-order valence-electron chi connectivity index (χ1n) is 5.24. The predicted octanol–water partition coefficient (Wildman–Crippen LogP) is 2.18. The van der Waals surface area contributed by atoms with Crippen LogP contribution in [0.1, 0.15) is 23.8 Å². The third-order valence-corrected chi connectivity index (χ3v) is 2.18. The van der Waals surface area contributed by atoms with Crippen molar-refractivity contribution in [1.29, 1.82) is 0 Å². The second-order valence-electron chi connectivity index (χ2n) is 3.44. The van der Waals surface area contributed by atoms with Crippen LogP contribution in [0.15, 0.2) is 31.0 Å². The van der Waals surface area contributed by atoms with Crippen LogP contribution in [0.2, 0.25) is 0 Å². The molecule has 0 unspecified atom stereocenters. The lowest BCUT2D eigenvalue weighted by molar-refractivity contribution is 0.0690. The highest BCUT2D eigenvalue weighted by Crippen LogP contribution is 2.13. The van der Waals surface area contributed by atoms with E-state index in [1.807, 2.05) is 6.08 Å². The predicted molar refractivity (Wildman–Crippen MR) is 63.9 cm³/mol. The molecule has 1 rings (SSSR count). The second-order valence-corrected chi connectivity index (χ2v) is 3.44. The van der Waals surface area contributed by atoms with Crippen molar-refractivity contribution >= 4 is 11.7 Å². The van der Waals surface area contributed by atoms with Gasteiger partial charge in [0.15, 0.2) is 0 Å². The van der Waals surface area contributed by atoms with Gasteiger partial charge < -0.3 is 10.0 Å². The zero-order chi connectivity index (χ0) is 12.0. The number of carboxylic acids is 1. The Hall–Kier alpha value is -1.84. The number of hydrogen-bond donors (Lipinski definition) is 1. The molecule has 1 aromatic heterocycles. The van der Waals surface area contributed by atoms with Crippen LogP contribution in [0.25, 0.3) is 0 Å². The first-order chi connectivity index (χ1) is 7.69. The first kappa shape index (κ1) is 12.2. The normalized spacial score (nSPS) is 9.81. The van der Waals surface area contributed by atoms with Crippen molar-refractivity contribution in [3.63, 3.8) is 0 Å². The molecule has 0 aromatic carbocycles. The molecule has 0 spiro atoms. The number of hydrogen-bond acceptors (Lipinski definition) is 3. The van der Waals surface area contributed by atoms with E-state index >= 15 is 0 Å². The monoisotopic (exact) mass is 220 g/mol. The summed E-state index contributed by atoms with van der Waals surface area (Å²) in [6.07, 6.45) is 4.43. The van der Waals surface area contributed by atoms with Gasteiger partial charge in [0.25, 0.3) is 0 Å². The average molecular weight is 220 g/mol. The van der Waals surface area contributed by atoms with Gasteiger partial charge in [-0.3, -0.25) is 0 Å². The van der Waals surface area contributed by atoms with Gasteiger partial charge in [0.1, 0.15) is 5.69 Å². The van der Waals surface area contributed by atoms with Gasteiger partial charge in [-0.15, -0.1) is 6.58 Å². The Bertz CT molecular complexity index is 360. The van der Waals surface area contributed by atoms with E-state index in [2.05, 4.69) is 23.4 Å². The van der Waals surface area contributed by atoms with Crippen LogP contribution in [0.5, 0.6) is 0 Å². The molecule has 0 saturated heterocycles. The van der Waals surface area contributed by atoms with Crippen molar-refractivity contribution < 1.29 is 9.90 Å². The molecule has 86 valence electrons. The highest BCUT2D eigenvalue weighted by molar-refractivity contribution is 5.85. The summed E-state index contributed by atoms with van der Waals surface area (Å²) < 4.78 is 0. The third kappa shape index (κ3) is 3.08. The van der Waals surface area contributed by atoms with Crippen molar-refractivity contribution in [2.24, 2.45) is 0 Å². The molecule has 16 heavy (non-hydrogen) atoms. The van der Waals surface area contributed by atoms with E-state index in [0.29, 0.717) is 0 Å². The van der Waals surface area contributed by atoms with E-state index in [0.717, 1.165) is 25.2 Å². The van der Waals surface area contributed by atoms with E-state index in [1.54, 1.807) is 12.3 Å². The molecule has 4 heteroatoms. The topological polar surface area (TPSA) is 53.4 Å². The summed E-state index contributed by atoms with van der Waals surface area (Å²) in [5.74, 6) is -1.00. The Morgan fingerprint density at radius 2 is 2.38 bits per heavy atom. The van der Waals surface area contributed by atoms with E-state index in [9.17, 15) is 4.79 Å². The summed E-state index contributed by atoms with van der Waals surface area (Å²) in [7, 11) is 0. The fourth-order valence-electron chi connectivity index (χ4n) is 1.45. The number of rotatable bonds is 6. The molecule has 0 bridgehead atoms. The molecule has 1 heterocycles. The number of aromatic carboxylic acids is 1. The average Bonchev–Trinajstić information content (AvgIpc) is 2.29. The molecule has 0 aliphatic rings. The summed E-state index contributed by atoms with van der Waals surface area (Å²) in [6, 6.07) is 3.29. The molecule has 4 nitrogen and oxygen atoms in total. The minimum Gasteiger partial charge on any atom is -0.477 e. The Labute approximate surface area is 95.2 Å². The minimum absolute atomic E-state index is 0.0683. The molecule has 0 atom stereocenters. The summed E-state index contributed by atoms with van der Waals surface area (Å²) in [4.78, 5) is 16.6. The molecule has 0 saturated carbocycles. The fourth-order valence-corrected chi connectivity index (χ4v) is 1.45. The second kappa shape index (κ2) is 5.90. The molecule has 1 N–H and O–H groups in total. The summed E-state index contributed by atoms with van der Waals surface area (Å²) >= 11 is 0. The van der Waals surface area contributed by atoms with Gasteiger partial charge in [0.05, 0.1) is 11.9 Å². The zero-order valence-corrected chi connectivity index (χ0v) is 9.39. The van der Waals surface area contributed by atoms with Crippen LogP contribution < -0.4 is 4.90 Å². The number of carboxylic acid groups (broad SMARTS) is 1. The minimum atomic E-state index is -1.00. The lowest BCUT2D eigenvalue weighted by Crippen LogP contribution is -2.24. The van der Waals surface area contributed by atoms with Crippen LogP contribution in [0, 0.1) is 0 Å². The summed E-state index contributed by atoms with van der Waals surface area (Å²) in [5, 5.41) is 8.73. The summed E-state index contributed by atoms with van der Waals surface area (Å²) in [6.45, 7) is 7.43. The number of nitrogens with zero attached hydrogens (tertiary/aromatic N) is 2. The van der Waals surface area contributed by atoms with Gasteiger partial charge in [-0.05, 0) is 18.6 Å². The SMILES string of the molecule is C=CCN(CCC)c1ccc(C(=O)O)nc1. The Morgan fingerprint density at radius 1 is 1.62 bits per heavy atom. The van der Waals surface area contributed by atoms with Crippen LogP contribution >= 0.6 is 0 Å². The largest absolute Gasteiger partial charge is 0.477 e. The molecule has 0 amide bonds. The maximum atomic E-state index is 10.6. The van der Waals surface area contributed by atoms with E-state index in [-0.39, 0.29) is 5.69 Å². The number of pyridine rings is 1. The standard InChI is InChI=1S/C12H16N2O2/c1-3-7-14(8-4-2)10-5-6-11(12(15)16)13-9-10/h3,5-6,9H,1,4,7-8H2,2H3,(H,15,16). The van der Waals surface area contributed by atoms with Gasteiger partial charge >= 0.3 is 5.97 Å². The van der Waals surface area contributed by atoms with Crippen molar-refractivity contribution in [1.82, 2.24) is 4.98 Å². The van der Waals surface area contributed by atoms with Gasteiger partial charge in [-0.25, -0.2) is 9.78 Å². The lowest BCUT2D eigenvalue weighted by Gasteiger charge is -2.22. The maximum absolute atomic E-state index is 10.6. The Morgan fingerprint density at radius 3 is 2.81 bits per heavy atom. The highest BCUT2D eigenvalue weighted by atomic mass is 16.4. The molecule has 0 aliphatic heterocycles. The van der Waals surface area contributed by atoms with Crippen LogP contribution in [-0.2, 0) is 0 Å². The lowest BCUT2D eigenvalue weighted by atomic mass is 10.3. The van der Waals surface area contributed by atoms with Gasteiger partial charge in [-0.1, -0.05) is 13.0 Å². The van der Waals surface area contributed by atoms with Crippen molar-refractivity contribution in [2.45, 2.75) is 13.3 Å². The first-order valence-corrected chi connectivity index (χ1v) is 5.24. The van der Waals surface area contributed by atoms with Crippen molar-refractivity contribution in [3.8, 4) is 0 Å². The van der Waals surface area contributed by atoms with Gasteiger partial charge in [-0.2, -0.15) is 0 Å². The number of carbonyl (C=O) groups is 1. The quantitative estimate of drug-likeness (QED) is 0.746. The molecular formula is C12H16N2O2. The molecular weight excluding hydrogens is 204 g/mol. The third-order valence-electron chi connectivity index (χ3n) is 2.18. The Kier molecular flexibility index (Phi) is 4.51. The molecule has 0 radical (unpaired) electrons. The Balaban J connectivity index is 2.84. The fraction of sp³-hybridized carbons (Fsp3) is 0.333. The van der Waals surface area contributed by atoms with Gasteiger partial charge in [0.2, 0.25) is 0 Å². The van der Waals surface area contributed by atoms with E-state index in [1.165, 1.54) is 6.07 Å². The van der Waals surface area contributed by atoms with Crippen molar-refractivity contribution in [2.75, 3.05) is 18.0 Å². The maximum Gasteiger partial charge on any atom is 0.354 e. The highest BCUT2D eigenvalue weighted by Gasteiger charge is 2.07. The number of aromatic nitrogens is 1. The zero-order valence-electron chi connectivity index (χ0n) is 9.39. The van der Waals surface area contributed by atoms with Gasteiger partial charge in [0, 0.05) is 13.1 Å². The molecule has 1 aromatic rings. The van der Waals surface area contributed by atoms with Crippen LogP contribution in [0.3, 0.4) is 0 Å². The van der Waals surface area contributed by atoms with Crippen LogP contribution in [-0.4, -0.2) is 29.1 Å². The number of anilines is 1.